The van der Waals surface area contributed by atoms with Gasteiger partial charge in [-0.25, -0.2) is 0 Å². The molecule has 0 N–H and O–H groups in total. The van der Waals surface area contributed by atoms with Crippen molar-refractivity contribution in [2.45, 2.75) is 19.6 Å². The smallest absolute Gasteiger partial charge is 0.297 e. The lowest BCUT2D eigenvalue weighted by molar-refractivity contribution is -0.784. The summed E-state index contributed by atoms with van der Waals surface area (Å²) in [5.74, 6) is 0. The van der Waals surface area contributed by atoms with E-state index in [0.29, 0.717) is 0 Å². The lowest BCUT2D eigenvalue weighted by atomic mass is 10.4. The maximum atomic E-state index is 9.91. The van der Waals surface area contributed by atoms with Crippen LogP contribution in [0.5, 0.6) is 0 Å². The molecule has 1 atom stereocenters. The third kappa shape index (κ3) is 7.03. The number of ether oxygens (including phenoxy) is 1. The van der Waals surface area contributed by atoms with E-state index in [1.807, 2.05) is 0 Å². The molecule has 1 unspecified atom stereocenters. The zero-order chi connectivity index (χ0) is 11.0. The van der Waals surface area contributed by atoms with Crippen molar-refractivity contribution in [1.82, 2.24) is 0 Å². The van der Waals surface area contributed by atoms with E-state index in [1.54, 1.807) is 6.92 Å². The fourth-order valence-corrected chi connectivity index (χ4v) is 0.672. The van der Waals surface area contributed by atoms with Gasteiger partial charge >= 0.3 is 0 Å². The van der Waals surface area contributed by atoms with Gasteiger partial charge in [0.25, 0.3) is 10.2 Å². The molecule has 0 aliphatic heterocycles. The Morgan fingerprint density at radius 1 is 1.29 bits per heavy atom. The first kappa shape index (κ1) is 12.4. The average molecular weight is 210 g/mol. The van der Waals surface area contributed by atoms with Crippen LogP contribution in [0, 0.1) is 20.2 Å². The van der Waals surface area contributed by atoms with Crippen molar-refractivity contribution in [3.63, 3.8) is 0 Å². The molecule has 0 heterocycles. The Hall–Kier alpha value is -1.64. The van der Waals surface area contributed by atoms with Gasteiger partial charge in [-0.15, -0.1) is 20.2 Å². The van der Waals surface area contributed by atoms with Crippen LogP contribution >= 0.6 is 0 Å². The van der Waals surface area contributed by atoms with Crippen LogP contribution < -0.4 is 0 Å². The Bertz CT molecular complexity index is 197. The highest BCUT2D eigenvalue weighted by Gasteiger charge is 2.13. The van der Waals surface area contributed by atoms with Crippen molar-refractivity contribution in [2.24, 2.45) is 0 Å². The van der Waals surface area contributed by atoms with E-state index in [-0.39, 0.29) is 19.6 Å². The van der Waals surface area contributed by atoms with E-state index in [1.165, 1.54) is 0 Å². The average Bonchev–Trinajstić information content (AvgIpc) is 2.02. The van der Waals surface area contributed by atoms with Gasteiger partial charge in [-0.05, 0) is 6.92 Å². The van der Waals surface area contributed by atoms with Crippen LogP contribution in [0.1, 0.15) is 13.3 Å². The molecule has 0 bridgehead atoms. The normalized spacial score (nSPS) is 11.8. The first-order valence-electron chi connectivity index (χ1n) is 3.76. The molecular weight excluding hydrogens is 200 g/mol. The second-order valence-corrected chi connectivity index (χ2v) is 2.06. The van der Waals surface area contributed by atoms with E-state index in [9.17, 15) is 20.2 Å². The molecule has 0 saturated heterocycles. The van der Waals surface area contributed by atoms with Crippen molar-refractivity contribution in [3.8, 4) is 0 Å². The molecule has 0 aromatic carbocycles. The quantitative estimate of drug-likeness (QED) is 0.318. The number of hydrogen-bond donors (Lipinski definition) is 0. The van der Waals surface area contributed by atoms with E-state index in [2.05, 4.69) is 9.68 Å². The Kier molecular flexibility index (Phi) is 6.03. The van der Waals surface area contributed by atoms with Crippen LogP contribution in [0.4, 0.5) is 0 Å². The maximum absolute atomic E-state index is 9.91. The van der Waals surface area contributed by atoms with E-state index < -0.39 is 16.5 Å². The number of rotatable bonds is 8. The molecule has 0 aromatic rings. The molecule has 9 heteroatoms. The number of hydrogen-bond acceptors (Lipinski definition) is 7. The minimum absolute atomic E-state index is 0.0875. The summed E-state index contributed by atoms with van der Waals surface area (Å²) in [5, 5.41) is 17.6. The standard InChI is InChI=1S/C5H10N2O7/c1-2-12-5(14-7(10)11)3-4-13-6(8)9/h5H,2-4H2,1H3. The minimum atomic E-state index is -1.13. The van der Waals surface area contributed by atoms with Gasteiger partial charge in [0.2, 0.25) is 6.29 Å². The van der Waals surface area contributed by atoms with Crippen molar-refractivity contribution >= 4 is 0 Å². The van der Waals surface area contributed by atoms with Crippen LogP contribution in [-0.4, -0.2) is 29.7 Å². The van der Waals surface area contributed by atoms with E-state index in [0.717, 1.165) is 0 Å². The van der Waals surface area contributed by atoms with Crippen molar-refractivity contribution in [2.75, 3.05) is 13.2 Å². The largest absolute Gasteiger partial charge is 0.353 e. The molecule has 0 aliphatic carbocycles. The topological polar surface area (TPSA) is 114 Å². The molecule has 9 nitrogen and oxygen atoms in total. The molecule has 0 fully saturated rings. The first-order chi connectivity index (χ1) is 6.56. The van der Waals surface area contributed by atoms with Crippen molar-refractivity contribution in [1.29, 1.82) is 0 Å². The van der Waals surface area contributed by atoms with Crippen LogP contribution in [-0.2, 0) is 14.4 Å². The number of nitrogens with zero attached hydrogens (tertiary/aromatic N) is 2. The summed E-state index contributed by atoms with van der Waals surface area (Å²) in [6.45, 7) is 1.51. The van der Waals surface area contributed by atoms with Gasteiger partial charge in [-0.1, -0.05) is 0 Å². The molecule has 82 valence electrons. The SMILES string of the molecule is CCOC(CCO[N+](=O)[O-])O[N+](=O)[O-]. The lowest BCUT2D eigenvalue weighted by Gasteiger charge is -2.13. The molecule has 14 heavy (non-hydrogen) atoms. The summed E-state index contributed by atoms with van der Waals surface area (Å²) in [4.78, 5) is 27.6. The molecule has 0 aliphatic rings. The third-order valence-electron chi connectivity index (χ3n) is 1.11. The van der Waals surface area contributed by atoms with Gasteiger partial charge in [0, 0.05) is 13.0 Å². The fourth-order valence-electron chi connectivity index (χ4n) is 0.672. The van der Waals surface area contributed by atoms with E-state index >= 15 is 0 Å². The van der Waals surface area contributed by atoms with Crippen LogP contribution in [0.3, 0.4) is 0 Å². The molecule has 0 rings (SSSR count). The van der Waals surface area contributed by atoms with Gasteiger partial charge in [-0.2, -0.15) is 0 Å². The zero-order valence-corrected chi connectivity index (χ0v) is 7.45. The molecule has 0 saturated carbocycles. The van der Waals surface area contributed by atoms with Gasteiger partial charge in [-0.3, -0.25) is 4.84 Å². The summed E-state index contributed by atoms with van der Waals surface area (Å²) in [7, 11) is 0. The Balaban J connectivity index is 3.72. The Morgan fingerprint density at radius 3 is 2.36 bits per heavy atom. The summed E-state index contributed by atoms with van der Waals surface area (Å²) in [5.41, 5.74) is 0. The van der Waals surface area contributed by atoms with Gasteiger partial charge in [0.05, 0.1) is 0 Å². The molecule has 0 radical (unpaired) electrons. The third-order valence-corrected chi connectivity index (χ3v) is 1.11. The summed E-state index contributed by atoms with van der Waals surface area (Å²) < 4.78 is 4.77. The monoisotopic (exact) mass is 210 g/mol. The molecular formula is C5H10N2O7. The highest BCUT2D eigenvalue weighted by Crippen LogP contribution is 2.01. The summed E-state index contributed by atoms with van der Waals surface area (Å²) in [6.07, 6.45) is -1.22. The van der Waals surface area contributed by atoms with Gasteiger partial charge < -0.3 is 9.57 Å². The van der Waals surface area contributed by atoms with Crippen LogP contribution in [0.2, 0.25) is 0 Å². The van der Waals surface area contributed by atoms with Crippen LogP contribution in [0.25, 0.3) is 0 Å². The molecule has 0 spiro atoms. The van der Waals surface area contributed by atoms with Crippen LogP contribution in [0.15, 0.2) is 0 Å². The molecule has 0 amide bonds. The lowest BCUT2D eigenvalue weighted by Crippen LogP contribution is -2.23. The second kappa shape index (κ2) is 6.83. The predicted molar refractivity (Wildman–Crippen MR) is 41.1 cm³/mol. The first-order valence-corrected chi connectivity index (χ1v) is 3.76. The summed E-state index contributed by atoms with van der Waals surface area (Å²) in [6, 6.07) is 0. The highest BCUT2D eigenvalue weighted by molar-refractivity contribution is 4.39. The maximum Gasteiger partial charge on any atom is 0.297 e. The predicted octanol–water partition coefficient (Wildman–Crippen LogP) is 0.156. The van der Waals surface area contributed by atoms with Crippen molar-refractivity contribution < 1.29 is 24.6 Å². The highest BCUT2D eigenvalue weighted by atomic mass is 17.0. The minimum Gasteiger partial charge on any atom is -0.353 e. The van der Waals surface area contributed by atoms with Gasteiger partial charge in [0.15, 0.2) is 0 Å². The van der Waals surface area contributed by atoms with Crippen molar-refractivity contribution in [3.05, 3.63) is 20.2 Å². The Labute approximate surface area is 78.8 Å². The zero-order valence-electron chi connectivity index (χ0n) is 7.45. The second-order valence-electron chi connectivity index (χ2n) is 2.06. The Morgan fingerprint density at radius 2 is 1.93 bits per heavy atom. The molecule has 0 aromatic heterocycles. The fraction of sp³-hybridized carbons (Fsp3) is 1.00. The van der Waals surface area contributed by atoms with Gasteiger partial charge in [0.1, 0.15) is 6.61 Å². The van der Waals surface area contributed by atoms with E-state index in [4.69, 9.17) is 4.74 Å². The summed E-state index contributed by atoms with van der Waals surface area (Å²) >= 11 is 0.